The number of rotatable bonds is 4. The van der Waals surface area contributed by atoms with Crippen molar-refractivity contribution < 1.29 is 9.53 Å². The fourth-order valence-electron chi connectivity index (χ4n) is 2.82. The van der Waals surface area contributed by atoms with Crippen LogP contribution < -0.4 is 4.90 Å². The van der Waals surface area contributed by atoms with Crippen molar-refractivity contribution in [1.82, 2.24) is 0 Å². The maximum Gasteiger partial charge on any atom is 0.338 e. The van der Waals surface area contributed by atoms with Gasteiger partial charge in [0.15, 0.2) is 0 Å². The van der Waals surface area contributed by atoms with Gasteiger partial charge in [-0.25, -0.2) is 4.79 Å². The van der Waals surface area contributed by atoms with Crippen molar-refractivity contribution in [3.63, 3.8) is 0 Å². The molecule has 25 heavy (non-hydrogen) atoms. The van der Waals surface area contributed by atoms with Gasteiger partial charge in [-0.2, -0.15) is 0 Å². The Morgan fingerprint density at radius 1 is 1.24 bits per heavy atom. The molecular formula is C22H29NO2. The largest absolute Gasteiger partial charge is 0.456 e. The number of nitrogens with zero attached hydrogens (tertiary/aromatic N) is 1. The summed E-state index contributed by atoms with van der Waals surface area (Å²) in [6.45, 7) is 14.7. The summed E-state index contributed by atoms with van der Waals surface area (Å²) in [5.41, 5.74) is 4.82. The first kappa shape index (κ1) is 19.0. The number of allylic oxidation sites excluding steroid dienone is 4. The molecule has 1 aromatic rings. The van der Waals surface area contributed by atoms with Crippen LogP contribution in [0.3, 0.4) is 0 Å². The Morgan fingerprint density at radius 3 is 2.44 bits per heavy atom. The summed E-state index contributed by atoms with van der Waals surface area (Å²) in [6, 6.07) is 7.67. The molecule has 0 fully saturated rings. The second-order valence-corrected chi connectivity index (χ2v) is 7.65. The molecule has 0 bridgehead atoms. The van der Waals surface area contributed by atoms with Gasteiger partial charge in [-0.1, -0.05) is 18.2 Å². The van der Waals surface area contributed by atoms with Crippen molar-refractivity contribution in [3.8, 4) is 0 Å². The van der Waals surface area contributed by atoms with Gasteiger partial charge in [-0.05, 0) is 83.4 Å². The molecule has 134 valence electrons. The lowest BCUT2D eigenvalue weighted by Gasteiger charge is -2.32. The zero-order valence-corrected chi connectivity index (χ0v) is 16.1. The first-order valence-electron chi connectivity index (χ1n) is 8.81. The number of carbonyl (C=O) groups excluding carboxylic acids is 1. The van der Waals surface area contributed by atoms with E-state index in [4.69, 9.17) is 4.74 Å². The molecule has 0 radical (unpaired) electrons. The number of carbonyl (C=O) groups is 1. The number of hydrogen-bond acceptors (Lipinski definition) is 3. The Kier molecular flexibility index (Phi) is 5.89. The van der Waals surface area contributed by atoms with E-state index in [9.17, 15) is 4.79 Å². The second-order valence-electron chi connectivity index (χ2n) is 7.65. The highest BCUT2D eigenvalue weighted by Gasteiger charge is 2.20. The first-order valence-corrected chi connectivity index (χ1v) is 8.81. The van der Waals surface area contributed by atoms with Gasteiger partial charge in [0.25, 0.3) is 0 Å². The Morgan fingerprint density at radius 2 is 1.88 bits per heavy atom. The van der Waals surface area contributed by atoms with E-state index in [-0.39, 0.29) is 5.97 Å². The predicted molar refractivity (Wildman–Crippen MR) is 105 cm³/mol. The molecule has 1 aromatic carbocycles. The minimum absolute atomic E-state index is 0.285. The Hall–Kier alpha value is -2.29. The van der Waals surface area contributed by atoms with Crippen molar-refractivity contribution in [2.24, 2.45) is 0 Å². The average molecular weight is 339 g/mol. The van der Waals surface area contributed by atoms with Crippen molar-refractivity contribution in [2.75, 3.05) is 11.4 Å². The minimum atomic E-state index is -0.483. The SMILES string of the molecule is C=C(C)/C=C\C1=C(C)CCCN1c1ccc(C(=O)OC(C)(C)C)cc1. The molecule has 2 rings (SSSR count). The highest BCUT2D eigenvalue weighted by molar-refractivity contribution is 5.90. The van der Waals surface area contributed by atoms with E-state index in [0.717, 1.165) is 30.6 Å². The lowest BCUT2D eigenvalue weighted by Crippen LogP contribution is -2.27. The number of anilines is 1. The molecule has 0 aliphatic carbocycles. The summed E-state index contributed by atoms with van der Waals surface area (Å²) in [6.07, 6.45) is 6.43. The summed E-state index contributed by atoms with van der Waals surface area (Å²) in [7, 11) is 0. The molecule has 1 heterocycles. The third-order valence-electron chi connectivity index (χ3n) is 4.00. The lowest BCUT2D eigenvalue weighted by atomic mass is 10.0. The molecule has 0 atom stereocenters. The monoisotopic (exact) mass is 339 g/mol. The Bertz CT molecular complexity index is 703. The number of hydrogen-bond donors (Lipinski definition) is 0. The summed E-state index contributed by atoms with van der Waals surface area (Å²) in [5.74, 6) is -0.285. The Balaban J connectivity index is 2.24. The molecule has 0 aromatic heterocycles. The third kappa shape index (κ3) is 5.35. The van der Waals surface area contributed by atoms with E-state index in [0.29, 0.717) is 5.56 Å². The highest BCUT2D eigenvalue weighted by atomic mass is 16.6. The molecule has 3 nitrogen and oxygen atoms in total. The van der Waals surface area contributed by atoms with E-state index in [2.05, 4.69) is 24.5 Å². The summed E-state index contributed by atoms with van der Waals surface area (Å²) < 4.78 is 5.43. The van der Waals surface area contributed by atoms with Crippen molar-refractivity contribution in [2.45, 2.75) is 53.1 Å². The molecule has 0 saturated heterocycles. The first-order chi connectivity index (χ1) is 11.7. The molecule has 1 aliphatic heterocycles. The lowest BCUT2D eigenvalue weighted by molar-refractivity contribution is 0.00696. The van der Waals surface area contributed by atoms with Gasteiger partial charge in [-0.15, -0.1) is 0 Å². The number of esters is 1. The van der Waals surface area contributed by atoms with Crippen molar-refractivity contribution in [1.29, 1.82) is 0 Å². The maximum absolute atomic E-state index is 12.2. The van der Waals surface area contributed by atoms with Crippen LogP contribution in [0.1, 0.15) is 57.8 Å². The normalized spacial score (nSPS) is 15.6. The minimum Gasteiger partial charge on any atom is -0.456 e. The van der Waals surface area contributed by atoms with Gasteiger partial charge >= 0.3 is 5.97 Å². The zero-order chi connectivity index (χ0) is 18.6. The smallest absolute Gasteiger partial charge is 0.338 e. The van der Waals surface area contributed by atoms with Crippen LogP contribution in [0, 0.1) is 0 Å². The molecular weight excluding hydrogens is 310 g/mol. The molecule has 3 heteroatoms. The van der Waals surface area contributed by atoms with Gasteiger partial charge in [0, 0.05) is 17.9 Å². The van der Waals surface area contributed by atoms with Crippen molar-refractivity contribution >= 4 is 11.7 Å². The van der Waals surface area contributed by atoms with E-state index in [1.165, 1.54) is 11.3 Å². The van der Waals surface area contributed by atoms with Crippen LogP contribution in [0.5, 0.6) is 0 Å². The van der Waals surface area contributed by atoms with Crippen LogP contribution in [-0.4, -0.2) is 18.1 Å². The summed E-state index contributed by atoms with van der Waals surface area (Å²) >= 11 is 0. The highest BCUT2D eigenvalue weighted by Crippen LogP contribution is 2.29. The second kappa shape index (κ2) is 7.73. The van der Waals surface area contributed by atoms with Gasteiger partial charge in [0.05, 0.1) is 5.56 Å². The molecule has 0 amide bonds. The van der Waals surface area contributed by atoms with Gasteiger partial charge in [-0.3, -0.25) is 0 Å². The summed E-state index contributed by atoms with van der Waals surface area (Å²) in [4.78, 5) is 14.5. The summed E-state index contributed by atoms with van der Waals surface area (Å²) in [5, 5.41) is 0. The zero-order valence-electron chi connectivity index (χ0n) is 16.1. The average Bonchev–Trinajstić information content (AvgIpc) is 2.52. The van der Waals surface area contributed by atoms with E-state index in [1.807, 2.05) is 58.0 Å². The fourth-order valence-corrected chi connectivity index (χ4v) is 2.82. The van der Waals surface area contributed by atoms with Crippen LogP contribution in [0.4, 0.5) is 5.69 Å². The quantitative estimate of drug-likeness (QED) is 0.524. The number of ether oxygens (including phenoxy) is 1. The molecule has 0 spiro atoms. The molecule has 0 N–H and O–H groups in total. The standard InChI is InChI=1S/C22H29NO2/c1-16(2)9-14-20-17(3)8-7-15-23(20)19-12-10-18(11-13-19)21(24)25-22(4,5)6/h9-14H,1,7-8,15H2,2-6H3/b14-9-. The molecule has 0 saturated carbocycles. The van der Waals surface area contributed by atoms with Crippen molar-refractivity contribution in [3.05, 3.63) is 65.4 Å². The molecule has 0 unspecified atom stereocenters. The van der Waals surface area contributed by atoms with Gasteiger partial charge in [0.1, 0.15) is 5.60 Å². The van der Waals surface area contributed by atoms with Crippen LogP contribution in [0.25, 0.3) is 0 Å². The van der Waals surface area contributed by atoms with E-state index < -0.39 is 5.60 Å². The van der Waals surface area contributed by atoms with Crippen LogP contribution >= 0.6 is 0 Å². The van der Waals surface area contributed by atoms with Gasteiger partial charge < -0.3 is 9.64 Å². The third-order valence-corrected chi connectivity index (χ3v) is 4.00. The van der Waals surface area contributed by atoms with Crippen LogP contribution in [-0.2, 0) is 4.74 Å². The van der Waals surface area contributed by atoms with E-state index in [1.54, 1.807) is 0 Å². The fraction of sp³-hybridized carbons (Fsp3) is 0.409. The van der Waals surface area contributed by atoms with Gasteiger partial charge in [0.2, 0.25) is 0 Å². The van der Waals surface area contributed by atoms with E-state index >= 15 is 0 Å². The maximum atomic E-state index is 12.2. The topological polar surface area (TPSA) is 29.5 Å². The predicted octanol–water partition coefficient (Wildman–Crippen LogP) is 5.65. The Labute approximate surface area is 151 Å². The van der Waals surface area contributed by atoms with Crippen LogP contribution in [0.15, 0.2) is 59.8 Å². The number of benzene rings is 1. The van der Waals surface area contributed by atoms with Crippen LogP contribution in [0.2, 0.25) is 0 Å². The molecule has 1 aliphatic rings.